The van der Waals surface area contributed by atoms with E-state index < -0.39 is 0 Å². The van der Waals surface area contributed by atoms with Gasteiger partial charge in [0.15, 0.2) is 5.96 Å². The van der Waals surface area contributed by atoms with E-state index in [-0.39, 0.29) is 29.9 Å². The average Bonchev–Trinajstić information content (AvgIpc) is 2.62. The minimum absolute atomic E-state index is 0. The molecule has 0 saturated heterocycles. The number of carbonyl (C=O) groups excluding carboxylic acids is 1. The van der Waals surface area contributed by atoms with E-state index in [9.17, 15) is 4.79 Å². The third-order valence-corrected chi connectivity index (χ3v) is 3.40. The van der Waals surface area contributed by atoms with Crippen molar-refractivity contribution >= 4 is 35.8 Å². The molecule has 0 radical (unpaired) electrons. The monoisotopic (exact) mass is 474 g/mol. The molecule has 26 heavy (non-hydrogen) atoms. The van der Waals surface area contributed by atoms with Crippen molar-refractivity contribution < 1.29 is 9.53 Å². The van der Waals surface area contributed by atoms with Gasteiger partial charge in [-0.05, 0) is 31.0 Å². The van der Waals surface area contributed by atoms with Gasteiger partial charge >= 0.3 is 0 Å². The number of nitrogens with one attached hydrogen (secondary N) is 2. The summed E-state index contributed by atoms with van der Waals surface area (Å²) in [6.45, 7) is 9.15. The molecule has 1 rings (SSSR count). The number of guanidine groups is 1. The Morgan fingerprint density at radius 3 is 2.54 bits per heavy atom. The van der Waals surface area contributed by atoms with Gasteiger partial charge in [0, 0.05) is 46.0 Å². The molecule has 0 fully saturated rings. The fourth-order valence-corrected chi connectivity index (χ4v) is 2.05. The summed E-state index contributed by atoms with van der Waals surface area (Å²) in [6.07, 6.45) is 2.71. The first kappa shape index (κ1) is 24.4. The van der Waals surface area contributed by atoms with Crippen molar-refractivity contribution in [3.63, 3.8) is 0 Å². The zero-order valence-corrected chi connectivity index (χ0v) is 18.3. The summed E-state index contributed by atoms with van der Waals surface area (Å²) in [4.78, 5) is 18.0. The van der Waals surface area contributed by atoms with Gasteiger partial charge in [-0.1, -0.05) is 18.2 Å². The Labute approximate surface area is 174 Å². The molecular formula is C19H31IN4O2. The lowest BCUT2D eigenvalue weighted by molar-refractivity contribution is 0.0827. The highest BCUT2D eigenvalue weighted by atomic mass is 127. The zero-order valence-electron chi connectivity index (χ0n) is 16.0. The largest absolute Gasteiger partial charge is 0.382 e. The molecule has 7 heteroatoms. The standard InChI is InChI=1S/C19H30N4O2.HI/c1-5-12-20-19(21-13-7-14-25-6-2)22-15-16-8-10-17(11-9-16)18(24)23(3)4;/h5,8-11H,1,6-7,12-15H2,2-4H3,(H2,20,21,22);1H. The number of amides is 1. The summed E-state index contributed by atoms with van der Waals surface area (Å²) in [5, 5.41) is 6.47. The molecule has 0 aromatic heterocycles. The maximum absolute atomic E-state index is 11.9. The van der Waals surface area contributed by atoms with Gasteiger partial charge in [-0.3, -0.25) is 4.79 Å². The number of aliphatic imine (C=N–C) groups is 1. The number of halogens is 1. The van der Waals surface area contributed by atoms with Crippen LogP contribution in [-0.4, -0.2) is 57.2 Å². The van der Waals surface area contributed by atoms with Crippen LogP contribution in [0.4, 0.5) is 0 Å². The smallest absolute Gasteiger partial charge is 0.253 e. The summed E-state index contributed by atoms with van der Waals surface area (Å²) >= 11 is 0. The third-order valence-electron chi connectivity index (χ3n) is 3.40. The van der Waals surface area contributed by atoms with Gasteiger partial charge in [-0.2, -0.15) is 0 Å². The van der Waals surface area contributed by atoms with Crippen molar-refractivity contribution in [2.75, 3.05) is 40.4 Å². The number of rotatable bonds is 10. The van der Waals surface area contributed by atoms with E-state index in [4.69, 9.17) is 4.74 Å². The Kier molecular flexibility index (Phi) is 13.6. The maximum atomic E-state index is 11.9. The van der Waals surface area contributed by atoms with Gasteiger partial charge in [0.1, 0.15) is 0 Å². The molecule has 0 unspecified atom stereocenters. The number of nitrogens with zero attached hydrogens (tertiary/aromatic N) is 2. The van der Waals surface area contributed by atoms with Crippen LogP contribution in [0.25, 0.3) is 0 Å². The Balaban J connectivity index is 0.00000625. The summed E-state index contributed by atoms with van der Waals surface area (Å²) in [6, 6.07) is 7.53. The molecule has 6 nitrogen and oxygen atoms in total. The highest BCUT2D eigenvalue weighted by molar-refractivity contribution is 14.0. The van der Waals surface area contributed by atoms with Crippen LogP contribution >= 0.6 is 24.0 Å². The molecule has 0 aliphatic carbocycles. The molecule has 1 aromatic carbocycles. The highest BCUT2D eigenvalue weighted by Crippen LogP contribution is 2.07. The van der Waals surface area contributed by atoms with E-state index in [0.717, 1.165) is 37.7 Å². The Bertz CT molecular complexity index is 559. The number of carbonyl (C=O) groups is 1. The predicted octanol–water partition coefficient (Wildman–Crippen LogP) is 2.65. The minimum atomic E-state index is -0.000597. The van der Waals surface area contributed by atoms with E-state index in [1.165, 1.54) is 0 Å². The molecule has 1 aromatic rings. The quantitative estimate of drug-likeness (QED) is 0.180. The Morgan fingerprint density at radius 1 is 1.27 bits per heavy atom. The van der Waals surface area contributed by atoms with Crippen LogP contribution < -0.4 is 10.6 Å². The highest BCUT2D eigenvalue weighted by Gasteiger charge is 2.07. The van der Waals surface area contributed by atoms with Gasteiger partial charge in [0.25, 0.3) is 5.91 Å². The number of hydrogen-bond donors (Lipinski definition) is 2. The average molecular weight is 474 g/mol. The van der Waals surface area contributed by atoms with Crippen molar-refractivity contribution in [2.24, 2.45) is 4.99 Å². The van der Waals surface area contributed by atoms with Crippen molar-refractivity contribution in [1.82, 2.24) is 15.5 Å². The molecule has 0 aliphatic rings. The summed E-state index contributed by atoms with van der Waals surface area (Å²) in [7, 11) is 3.49. The molecular weight excluding hydrogens is 443 g/mol. The van der Waals surface area contributed by atoms with Crippen molar-refractivity contribution in [3.8, 4) is 0 Å². The SMILES string of the molecule is C=CCNC(=NCc1ccc(C(=O)N(C)C)cc1)NCCCOCC.I. The molecule has 0 spiro atoms. The topological polar surface area (TPSA) is 66.0 Å². The molecule has 0 atom stereocenters. The van der Waals surface area contributed by atoms with Crippen molar-refractivity contribution in [2.45, 2.75) is 19.9 Å². The summed E-state index contributed by atoms with van der Waals surface area (Å²) in [5.41, 5.74) is 1.72. The third kappa shape index (κ3) is 9.76. The van der Waals surface area contributed by atoms with Crippen molar-refractivity contribution in [1.29, 1.82) is 0 Å². The molecule has 1 amide bonds. The first-order valence-corrected chi connectivity index (χ1v) is 8.59. The van der Waals surface area contributed by atoms with E-state index in [2.05, 4.69) is 22.2 Å². The van der Waals surface area contributed by atoms with Crippen LogP contribution in [0, 0.1) is 0 Å². The van der Waals surface area contributed by atoms with Crippen LogP contribution in [0.2, 0.25) is 0 Å². The first-order valence-electron chi connectivity index (χ1n) is 8.59. The van der Waals surface area contributed by atoms with E-state index in [0.29, 0.717) is 18.7 Å². The van der Waals surface area contributed by atoms with Crippen LogP contribution in [0.15, 0.2) is 41.9 Å². The molecule has 0 aliphatic heterocycles. The molecule has 2 N–H and O–H groups in total. The number of hydrogen-bond acceptors (Lipinski definition) is 3. The van der Waals surface area contributed by atoms with Crippen LogP contribution in [0.5, 0.6) is 0 Å². The van der Waals surface area contributed by atoms with E-state index in [1.54, 1.807) is 25.1 Å². The normalized spacial score (nSPS) is 10.7. The molecule has 146 valence electrons. The fourth-order valence-electron chi connectivity index (χ4n) is 2.05. The zero-order chi connectivity index (χ0) is 18.5. The van der Waals surface area contributed by atoms with Gasteiger partial charge in [0.2, 0.25) is 0 Å². The molecule has 0 saturated carbocycles. The lowest BCUT2D eigenvalue weighted by Gasteiger charge is -2.12. The summed E-state index contributed by atoms with van der Waals surface area (Å²) < 4.78 is 5.33. The second-order valence-electron chi connectivity index (χ2n) is 5.71. The molecule has 0 bridgehead atoms. The van der Waals surface area contributed by atoms with Crippen LogP contribution in [0.1, 0.15) is 29.3 Å². The maximum Gasteiger partial charge on any atom is 0.253 e. The van der Waals surface area contributed by atoms with Crippen molar-refractivity contribution in [3.05, 3.63) is 48.0 Å². The minimum Gasteiger partial charge on any atom is -0.382 e. The van der Waals surface area contributed by atoms with Gasteiger partial charge in [-0.15, -0.1) is 30.6 Å². The van der Waals surface area contributed by atoms with Gasteiger partial charge in [-0.25, -0.2) is 4.99 Å². The van der Waals surface area contributed by atoms with E-state index >= 15 is 0 Å². The predicted molar refractivity (Wildman–Crippen MR) is 118 cm³/mol. The number of ether oxygens (including phenoxy) is 1. The van der Waals surface area contributed by atoms with Gasteiger partial charge < -0.3 is 20.3 Å². The van der Waals surface area contributed by atoms with Gasteiger partial charge in [0.05, 0.1) is 6.54 Å². The fraction of sp³-hybridized carbons (Fsp3) is 0.474. The second kappa shape index (κ2) is 14.5. The Morgan fingerprint density at radius 2 is 1.96 bits per heavy atom. The van der Waals surface area contributed by atoms with Crippen LogP contribution in [-0.2, 0) is 11.3 Å². The van der Waals surface area contributed by atoms with E-state index in [1.807, 2.05) is 31.2 Å². The number of benzene rings is 1. The molecule has 0 heterocycles. The lowest BCUT2D eigenvalue weighted by Crippen LogP contribution is -2.38. The lowest BCUT2D eigenvalue weighted by atomic mass is 10.1. The first-order chi connectivity index (χ1) is 12.1. The second-order valence-corrected chi connectivity index (χ2v) is 5.71. The summed E-state index contributed by atoms with van der Waals surface area (Å²) in [5.74, 6) is 0.740. The Hall–Kier alpha value is -1.61. The van der Waals surface area contributed by atoms with Crippen LogP contribution in [0.3, 0.4) is 0 Å².